The Bertz CT molecular complexity index is 996. The first-order valence-electron chi connectivity index (χ1n) is 8.56. The molecule has 4 heteroatoms. The quantitative estimate of drug-likeness (QED) is 0.582. The van der Waals surface area contributed by atoms with Gasteiger partial charge in [-0.2, -0.15) is 0 Å². The maximum absolute atomic E-state index is 13.0. The van der Waals surface area contributed by atoms with Crippen LogP contribution >= 0.6 is 11.8 Å². The summed E-state index contributed by atoms with van der Waals surface area (Å²) >= 11 is 1.47. The van der Waals surface area contributed by atoms with Crippen molar-refractivity contribution in [3.8, 4) is 22.6 Å². The van der Waals surface area contributed by atoms with Crippen molar-refractivity contribution in [2.75, 3.05) is 0 Å². The van der Waals surface area contributed by atoms with Crippen molar-refractivity contribution < 1.29 is 15.0 Å². The topological polar surface area (TPSA) is 57.5 Å². The first kappa shape index (κ1) is 16.7. The monoisotopic (exact) mass is 362 g/mol. The molecule has 0 spiro atoms. The predicted molar refractivity (Wildman–Crippen MR) is 103 cm³/mol. The maximum Gasteiger partial charge on any atom is 0.171 e. The number of phenols is 2. The first-order chi connectivity index (χ1) is 12.6. The molecule has 26 heavy (non-hydrogen) atoms. The summed E-state index contributed by atoms with van der Waals surface area (Å²) in [6.07, 6.45) is 0.679. The van der Waals surface area contributed by atoms with Crippen LogP contribution < -0.4 is 0 Å². The van der Waals surface area contributed by atoms with Crippen LogP contribution in [-0.2, 0) is 0 Å². The Morgan fingerprint density at radius 2 is 1.62 bits per heavy atom. The molecule has 130 valence electrons. The number of hydrogen-bond donors (Lipinski definition) is 2. The van der Waals surface area contributed by atoms with Crippen molar-refractivity contribution in [3.63, 3.8) is 0 Å². The van der Waals surface area contributed by atoms with Crippen molar-refractivity contribution in [2.24, 2.45) is 0 Å². The molecule has 1 unspecified atom stereocenters. The fourth-order valence-electron chi connectivity index (χ4n) is 3.41. The van der Waals surface area contributed by atoms with Gasteiger partial charge in [0.15, 0.2) is 17.3 Å². The minimum absolute atomic E-state index is 0.0171. The summed E-state index contributed by atoms with van der Waals surface area (Å²) in [4.78, 5) is 14.7. The fourth-order valence-corrected chi connectivity index (χ4v) is 4.60. The molecule has 1 aliphatic rings. The van der Waals surface area contributed by atoms with E-state index in [9.17, 15) is 15.0 Å². The van der Waals surface area contributed by atoms with Crippen LogP contribution in [0, 0.1) is 0 Å². The van der Waals surface area contributed by atoms with Gasteiger partial charge >= 0.3 is 0 Å². The van der Waals surface area contributed by atoms with E-state index in [1.807, 2.05) is 31.2 Å². The fraction of sp³-hybridized carbons (Fsp3) is 0.136. The summed E-state index contributed by atoms with van der Waals surface area (Å²) < 4.78 is 0. The molecule has 0 amide bonds. The van der Waals surface area contributed by atoms with Gasteiger partial charge in [-0.1, -0.05) is 61.2 Å². The Kier molecular flexibility index (Phi) is 4.21. The highest BCUT2D eigenvalue weighted by atomic mass is 32.2. The van der Waals surface area contributed by atoms with Crippen LogP contribution in [-0.4, -0.2) is 16.0 Å². The lowest BCUT2D eigenvalue weighted by molar-refractivity contribution is 0.0953. The molecule has 0 saturated carbocycles. The number of benzene rings is 3. The van der Waals surface area contributed by atoms with E-state index in [4.69, 9.17) is 0 Å². The second-order valence-electron chi connectivity index (χ2n) is 6.38. The van der Waals surface area contributed by atoms with Gasteiger partial charge in [-0.25, -0.2) is 0 Å². The minimum atomic E-state index is -0.261. The molecule has 4 rings (SSSR count). The zero-order chi connectivity index (χ0) is 18.3. The molecule has 1 atom stereocenters. The maximum atomic E-state index is 13.0. The molecule has 2 N–H and O–H groups in total. The molecule has 0 aliphatic carbocycles. The van der Waals surface area contributed by atoms with E-state index in [0.717, 1.165) is 21.6 Å². The summed E-state index contributed by atoms with van der Waals surface area (Å²) in [5.74, 6) is -0.743. The Morgan fingerprint density at radius 3 is 2.35 bits per heavy atom. The SMILES string of the molecule is CCC1C(=O)c2cc(O)c(O)cc2Sc2cc(-c3ccccc3)ccc21. The lowest BCUT2D eigenvalue weighted by Crippen LogP contribution is -2.12. The number of rotatable bonds is 2. The van der Waals surface area contributed by atoms with E-state index >= 15 is 0 Å². The van der Waals surface area contributed by atoms with E-state index in [1.54, 1.807) is 0 Å². The van der Waals surface area contributed by atoms with Gasteiger partial charge in [0.1, 0.15) is 0 Å². The molecule has 1 aliphatic heterocycles. The van der Waals surface area contributed by atoms with E-state index in [-0.39, 0.29) is 23.2 Å². The normalized spacial score (nSPS) is 15.9. The summed E-state index contributed by atoms with van der Waals surface area (Å²) in [6.45, 7) is 1.99. The highest BCUT2D eigenvalue weighted by Gasteiger charge is 2.30. The number of ketones is 1. The Labute approximate surface area is 156 Å². The number of fused-ring (bicyclic) bond motifs is 2. The molecule has 3 aromatic rings. The van der Waals surface area contributed by atoms with Crippen molar-refractivity contribution in [1.82, 2.24) is 0 Å². The van der Waals surface area contributed by atoms with Crippen LogP contribution in [0.1, 0.15) is 35.2 Å². The van der Waals surface area contributed by atoms with Gasteiger partial charge in [0, 0.05) is 21.3 Å². The van der Waals surface area contributed by atoms with Crippen LogP contribution in [0.3, 0.4) is 0 Å². The number of carbonyl (C=O) groups is 1. The Morgan fingerprint density at radius 1 is 0.885 bits per heavy atom. The lowest BCUT2D eigenvalue weighted by atomic mass is 9.87. The molecule has 0 radical (unpaired) electrons. The molecule has 1 heterocycles. The van der Waals surface area contributed by atoms with Gasteiger partial charge in [-0.05, 0) is 41.3 Å². The van der Waals surface area contributed by atoms with E-state index in [1.165, 1.54) is 23.9 Å². The van der Waals surface area contributed by atoms with Gasteiger partial charge in [-0.15, -0.1) is 0 Å². The van der Waals surface area contributed by atoms with Crippen molar-refractivity contribution in [3.05, 3.63) is 71.8 Å². The highest BCUT2D eigenvalue weighted by molar-refractivity contribution is 7.99. The molecule has 3 aromatic carbocycles. The molecular formula is C22H18O3S. The van der Waals surface area contributed by atoms with E-state index in [0.29, 0.717) is 16.9 Å². The van der Waals surface area contributed by atoms with E-state index in [2.05, 4.69) is 24.3 Å². The molecular weight excluding hydrogens is 344 g/mol. The smallest absolute Gasteiger partial charge is 0.171 e. The number of carbonyl (C=O) groups excluding carboxylic acids is 1. The van der Waals surface area contributed by atoms with Crippen LogP contribution in [0.15, 0.2) is 70.5 Å². The summed E-state index contributed by atoms with van der Waals surface area (Å²) in [5, 5.41) is 19.7. The lowest BCUT2D eigenvalue weighted by Gasteiger charge is -2.15. The third kappa shape index (κ3) is 2.76. The number of aromatic hydroxyl groups is 2. The second kappa shape index (κ2) is 6.54. The summed E-state index contributed by atoms with van der Waals surface area (Å²) in [5.41, 5.74) is 3.67. The standard InChI is InChI=1S/C22H18O3S/c1-2-15-16-9-8-14(13-6-4-3-5-7-13)10-20(16)26-21-12-19(24)18(23)11-17(21)22(15)25/h3-12,15,23-24H,2H2,1H3. The molecule has 0 saturated heterocycles. The molecule has 0 bridgehead atoms. The number of hydrogen-bond acceptors (Lipinski definition) is 4. The second-order valence-corrected chi connectivity index (χ2v) is 7.47. The third-order valence-electron chi connectivity index (χ3n) is 4.78. The zero-order valence-electron chi connectivity index (χ0n) is 14.3. The Hall–Kier alpha value is -2.72. The van der Waals surface area contributed by atoms with Crippen molar-refractivity contribution >= 4 is 17.5 Å². The molecule has 0 fully saturated rings. The van der Waals surface area contributed by atoms with Gasteiger partial charge in [0.05, 0.1) is 0 Å². The van der Waals surface area contributed by atoms with Crippen molar-refractivity contribution in [2.45, 2.75) is 29.1 Å². The van der Waals surface area contributed by atoms with Crippen LogP contribution in [0.4, 0.5) is 0 Å². The van der Waals surface area contributed by atoms with Gasteiger partial charge in [0.2, 0.25) is 0 Å². The predicted octanol–water partition coefficient (Wildman–Crippen LogP) is 5.61. The van der Waals surface area contributed by atoms with Crippen LogP contribution in [0.5, 0.6) is 11.5 Å². The summed E-state index contributed by atoms with van der Waals surface area (Å²) in [7, 11) is 0. The minimum Gasteiger partial charge on any atom is -0.504 e. The largest absolute Gasteiger partial charge is 0.504 e. The van der Waals surface area contributed by atoms with Gasteiger partial charge in [0.25, 0.3) is 0 Å². The number of Topliss-reactive ketones (excluding diaryl/α,β-unsaturated/α-hetero) is 1. The number of phenolic OH excluding ortho intramolecular Hbond substituents is 2. The van der Waals surface area contributed by atoms with Crippen LogP contribution in [0.25, 0.3) is 11.1 Å². The van der Waals surface area contributed by atoms with Gasteiger partial charge in [-0.3, -0.25) is 4.79 Å². The highest BCUT2D eigenvalue weighted by Crippen LogP contribution is 2.46. The molecule has 0 aromatic heterocycles. The summed E-state index contributed by atoms with van der Waals surface area (Å²) in [6, 6.07) is 19.1. The Balaban J connectivity index is 1.89. The average Bonchev–Trinajstić information content (AvgIpc) is 2.76. The van der Waals surface area contributed by atoms with E-state index < -0.39 is 0 Å². The van der Waals surface area contributed by atoms with Gasteiger partial charge < -0.3 is 10.2 Å². The van der Waals surface area contributed by atoms with Crippen LogP contribution in [0.2, 0.25) is 0 Å². The zero-order valence-corrected chi connectivity index (χ0v) is 15.1. The average molecular weight is 362 g/mol. The molecule has 3 nitrogen and oxygen atoms in total. The third-order valence-corrected chi connectivity index (χ3v) is 5.91. The first-order valence-corrected chi connectivity index (χ1v) is 9.37. The van der Waals surface area contributed by atoms with Crippen molar-refractivity contribution in [1.29, 1.82) is 0 Å².